The van der Waals surface area contributed by atoms with Gasteiger partial charge in [-0.15, -0.1) is 0 Å². The van der Waals surface area contributed by atoms with Gasteiger partial charge >= 0.3 is 12.3 Å². The Morgan fingerprint density at radius 3 is 1.81 bits per heavy atom. The highest BCUT2D eigenvalue weighted by Crippen LogP contribution is 2.43. The normalized spacial score (nSPS) is 24.4. The SMILES string of the molecule is CCCCCC1CCC(C2CCC(CCc3ccc(-c4ccc(OC(F)(F)C(F)C(F)(F)F)c(F)c4)cc3)CC2)CC1. The average Bonchev–Trinajstić information content (AvgIpc) is 2.97. The molecular weight excluding hydrogens is 557 g/mol. The van der Waals surface area contributed by atoms with Gasteiger partial charge in [0.05, 0.1) is 0 Å². The fourth-order valence-electron chi connectivity index (χ4n) is 6.97. The van der Waals surface area contributed by atoms with Crippen LogP contribution in [0.25, 0.3) is 11.1 Å². The summed E-state index contributed by atoms with van der Waals surface area (Å²) in [5.41, 5.74) is 2.12. The number of ether oxygens (including phenoxy) is 1. The Kier molecular flexibility index (Phi) is 11.3. The molecule has 0 spiro atoms. The van der Waals surface area contributed by atoms with Gasteiger partial charge in [0.15, 0.2) is 11.6 Å². The molecule has 0 saturated heterocycles. The summed E-state index contributed by atoms with van der Waals surface area (Å²) in [5.74, 6) is 1.04. The molecule has 0 heterocycles. The summed E-state index contributed by atoms with van der Waals surface area (Å²) >= 11 is 0. The van der Waals surface area contributed by atoms with Crippen LogP contribution in [0.3, 0.4) is 0 Å². The highest BCUT2D eigenvalue weighted by molar-refractivity contribution is 5.64. The molecule has 2 saturated carbocycles. The lowest BCUT2D eigenvalue weighted by molar-refractivity contribution is -0.305. The lowest BCUT2D eigenvalue weighted by atomic mass is 9.68. The third-order valence-electron chi connectivity index (χ3n) is 9.55. The van der Waals surface area contributed by atoms with Gasteiger partial charge in [-0.3, -0.25) is 0 Å². The third kappa shape index (κ3) is 8.89. The Morgan fingerprint density at radius 2 is 1.29 bits per heavy atom. The number of unbranched alkanes of at least 4 members (excludes halogenated alkanes) is 2. The first-order valence-electron chi connectivity index (χ1n) is 15.6. The minimum atomic E-state index is -5.84. The Balaban J connectivity index is 1.21. The van der Waals surface area contributed by atoms with Crippen molar-refractivity contribution in [3.05, 3.63) is 53.8 Å². The third-order valence-corrected chi connectivity index (χ3v) is 9.55. The van der Waals surface area contributed by atoms with E-state index in [1.807, 2.05) is 12.1 Å². The van der Waals surface area contributed by atoms with E-state index in [2.05, 4.69) is 11.7 Å². The van der Waals surface area contributed by atoms with Gasteiger partial charge in [0.25, 0.3) is 6.17 Å². The summed E-state index contributed by atoms with van der Waals surface area (Å²) in [7, 11) is 0. The summed E-state index contributed by atoms with van der Waals surface area (Å²) in [6.07, 6.45) is 2.82. The van der Waals surface area contributed by atoms with E-state index in [-0.39, 0.29) is 0 Å². The summed E-state index contributed by atoms with van der Waals surface area (Å²) in [4.78, 5) is 0. The molecule has 0 N–H and O–H groups in total. The van der Waals surface area contributed by atoms with Gasteiger partial charge < -0.3 is 4.74 Å². The molecule has 2 aliphatic carbocycles. The lowest BCUT2D eigenvalue weighted by Gasteiger charge is -2.38. The van der Waals surface area contributed by atoms with Crippen molar-refractivity contribution in [1.82, 2.24) is 0 Å². The van der Waals surface area contributed by atoms with Crippen molar-refractivity contribution >= 4 is 0 Å². The average molecular weight is 601 g/mol. The van der Waals surface area contributed by atoms with E-state index >= 15 is 0 Å². The van der Waals surface area contributed by atoms with Gasteiger partial charge in [-0.05, 0) is 91.0 Å². The van der Waals surface area contributed by atoms with E-state index in [1.165, 1.54) is 83.1 Å². The van der Waals surface area contributed by atoms with Gasteiger partial charge in [0, 0.05) is 0 Å². The maximum absolute atomic E-state index is 14.4. The molecule has 1 nitrogen and oxygen atoms in total. The van der Waals surface area contributed by atoms with E-state index < -0.39 is 30.0 Å². The molecule has 2 fully saturated rings. The van der Waals surface area contributed by atoms with Crippen LogP contribution >= 0.6 is 0 Å². The fourth-order valence-corrected chi connectivity index (χ4v) is 6.97. The molecule has 0 aromatic heterocycles. The van der Waals surface area contributed by atoms with Crippen LogP contribution in [0.5, 0.6) is 5.75 Å². The van der Waals surface area contributed by atoms with Crippen molar-refractivity contribution in [2.45, 2.75) is 115 Å². The molecule has 2 aromatic carbocycles. The highest BCUT2D eigenvalue weighted by atomic mass is 19.4. The van der Waals surface area contributed by atoms with Crippen molar-refractivity contribution in [1.29, 1.82) is 0 Å². The van der Waals surface area contributed by atoms with Crippen LogP contribution in [-0.2, 0) is 6.42 Å². The molecule has 2 aromatic rings. The summed E-state index contributed by atoms with van der Waals surface area (Å²) in [6, 6.07) is 10.4. The maximum Gasteiger partial charge on any atom is 0.439 e. The number of halogens is 7. The molecule has 0 amide bonds. The first-order valence-corrected chi connectivity index (χ1v) is 15.6. The molecule has 234 valence electrons. The van der Waals surface area contributed by atoms with Crippen LogP contribution in [0.1, 0.15) is 96.0 Å². The van der Waals surface area contributed by atoms with E-state index in [1.54, 1.807) is 12.1 Å². The number of aryl methyl sites for hydroxylation is 1. The first-order chi connectivity index (χ1) is 20.0. The van der Waals surface area contributed by atoms with Crippen molar-refractivity contribution in [2.75, 3.05) is 0 Å². The van der Waals surface area contributed by atoms with Gasteiger partial charge in [-0.25, -0.2) is 8.78 Å². The molecule has 4 rings (SSSR count). The van der Waals surface area contributed by atoms with Crippen LogP contribution in [0.15, 0.2) is 42.5 Å². The Labute approximate surface area is 245 Å². The molecule has 8 heteroatoms. The molecule has 0 bridgehead atoms. The van der Waals surface area contributed by atoms with Crippen molar-refractivity contribution in [3.63, 3.8) is 0 Å². The predicted molar refractivity (Wildman–Crippen MR) is 152 cm³/mol. The smallest absolute Gasteiger partial charge is 0.427 e. The molecule has 1 unspecified atom stereocenters. The second-order valence-corrected chi connectivity index (χ2v) is 12.5. The number of hydrogen-bond acceptors (Lipinski definition) is 1. The van der Waals surface area contributed by atoms with E-state index in [0.717, 1.165) is 54.2 Å². The topological polar surface area (TPSA) is 9.23 Å². The summed E-state index contributed by atoms with van der Waals surface area (Å²) < 4.78 is 95.3. The second kappa shape index (κ2) is 14.5. The standard InChI is InChI=1S/C34H43F7O/c1-2-3-4-5-23-8-14-26(15-9-23)27-16-10-24(11-17-27)6-7-25-12-18-28(19-13-25)29-20-21-31(30(35)22-29)42-34(40,41)32(36)33(37,38)39/h12-13,18-24,26-27,32H,2-11,14-17H2,1H3. The predicted octanol–water partition coefficient (Wildman–Crippen LogP) is 11.5. The zero-order chi connectivity index (χ0) is 30.3. The van der Waals surface area contributed by atoms with Gasteiger partial charge in [-0.2, -0.15) is 22.0 Å². The fraction of sp³-hybridized carbons (Fsp3) is 0.647. The number of hydrogen-bond donors (Lipinski definition) is 0. The van der Waals surface area contributed by atoms with Gasteiger partial charge in [0.1, 0.15) is 0 Å². The van der Waals surface area contributed by atoms with E-state index in [0.29, 0.717) is 11.1 Å². The van der Waals surface area contributed by atoms with Crippen molar-refractivity contribution in [3.8, 4) is 16.9 Å². The Bertz CT molecular complexity index is 1100. The van der Waals surface area contributed by atoms with Crippen molar-refractivity contribution in [2.24, 2.45) is 23.7 Å². The minimum absolute atomic E-state index is 0.343. The van der Waals surface area contributed by atoms with Gasteiger partial charge in [-0.1, -0.05) is 88.6 Å². The van der Waals surface area contributed by atoms with Crippen LogP contribution in [-0.4, -0.2) is 18.5 Å². The largest absolute Gasteiger partial charge is 0.439 e. The number of benzene rings is 2. The Morgan fingerprint density at radius 1 is 0.738 bits per heavy atom. The number of alkyl halides is 6. The lowest BCUT2D eigenvalue weighted by Crippen LogP contribution is -2.45. The molecule has 1 atom stereocenters. The minimum Gasteiger partial charge on any atom is -0.427 e. The maximum atomic E-state index is 14.4. The van der Waals surface area contributed by atoms with E-state index in [9.17, 15) is 30.7 Å². The Hall–Kier alpha value is -2.25. The zero-order valence-electron chi connectivity index (χ0n) is 24.4. The molecule has 0 radical (unpaired) electrons. The zero-order valence-corrected chi connectivity index (χ0v) is 24.4. The summed E-state index contributed by atoms with van der Waals surface area (Å²) in [6.45, 7) is 2.27. The van der Waals surface area contributed by atoms with Crippen LogP contribution in [0, 0.1) is 29.5 Å². The van der Waals surface area contributed by atoms with Crippen molar-refractivity contribution < 1.29 is 35.5 Å². The first kappa shape index (κ1) is 32.7. The summed E-state index contributed by atoms with van der Waals surface area (Å²) in [5, 5.41) is 0. The molecular formula is C34H43F7O. The van der Waals surface area contributed by atoms with Crippen LogP contribution in [0.2, 0.25) is 0 Å². The second-order valence-electron chi connectivity index (χ2n) is 12.5. The van der Waals surface area contributed by atoms with Crippen LogP contribution in [0.4, 0.5) is 30.7 Å². The van der Waals surface area contributed by atoms with Gasteiger partial charge in [0.2, 0.25) is 0 Å². The van der Waals surface area contributed by atoms with E-state index in [4.69, 9.17) is 0 Å². The highest BCUT2D eigenvalue weighted by Gasteiger charge is 2.59. The number of rotatable bonds is 12. The molecule has 2 aliphatic rings. The molecule has 0 aliphatic heterocycles. The quantitative estimate of drug-likeness (QED) is 0.174. The monoisotopic (exact) mass is 600 g/mol. The molecule has 42 heavy (non-hydrogen) atoms. The van der Waals surface area contributed by atoms with Crippen LogP contribution < -0.4 is 4.74 Å².